The van der Waals surface area contributed by atoms with E-state index in [1.165, 1.54) is 4.90 Å². The van der Waals surface area contributed by atoms with E-state index in [0.29, 0.717) is 24.0 Å². The minimum absolute atomic E-state index is 0.128. The molecule has 3 aromatic rings. The summed E-state index contributed by atoms with van der Waals surface area (Å²) in [5.41, 5.74) is 1.89. The molecule has 0 aliphatic carbocycles. The molecule has 0 aromatic heterocycles. The highest BCUT2D eigenvalue weighted by atomic mass is 16.4. The normalized spacial score (nSPS) is 15.1. The summed E-state index contributed by atoms with van der Waals surface area (Å²) in [7, 11) is 0. The zero-order chi connectivity index (χ0) is 30.1. The molecule has 42 heavy (non-hydrogen) atoms. The minimum atomic E-state index is -1.29. The fourth-order valence-corrected chi connectivity index (χ4v) is 4.67. The lowest BCUT2D eigenvalue weighted by Gasteiger charge is -2.25. The van der Waals surface area contributed by atoms with E-state index in [0.717, 1.165) is 10.5 Å². The lowest BCUT2D eigenvalue weighted by atomic mass is 10.1. The maximum absolute atomic E-state index is 13.9. The van der Waals surface area contributed by atoms with Gasteiger partial charge in [-0.05, 0) is 36.2 Å². The third-order valence-electron chi connectivity index (χ3n) is 6.71. The Hall–Kier alpha value is -5.32. The maximum Gasteiger partial charge on any atom is 0.305 e. The molecule has 1 unspecified atom stereocenters. The molecular weight excluding hydrogens is 540 g/mol. The summed E-state index contributed by atoms with van der Waals surface area (Å²) < 4.78 is 0. The van der Waals surface area contributed by atoms with Crippen LogP contribution in [0.1, 0.15) is 28.8 Å². The number of carboxylic acids is 1. The Morgan fingerprint density at radius 3 is 2.17 bits per heavy atom. The number of carboxylic acid groups (broad SMARTS) is 1. The van der Waals surface area contributed by atoms with E-state index < -0.39 is 48.7 Å². The summed E-state index contributed by atoms with van der Waals surface area (Å²) in [6, 6.07) is 21.8. The van der Waals surface area contributed by atoms with Crippen LogP contribution in [0, 0.1) is 0 Å². The van der Waals surface area contributed by atoms with E-state index in [4.69, 9.17) is 5.11 Å². The summed E-state index contributed by atoms with van der Waals surface area (Å²) in [6.45, 7) is -0.764. The number of rotatable bonds is 11. The van der Waals surface area contributed by atoms with Gasteiger partial charge in [0.2, 0.25) is 11.8 Å². The van der Waals surface area contributed by atoms with Crippen molar-refractivity contribution in [3.8, 4) is 0 Å². The van der Waals surface area contributed by atoms with Crippen LogP contribution in [0.5, 0.6) is 0 Å². The Bertz CT molecular complexity index is 1460. The van der Waals surface area contributed by atoms with Gasteiger partial charge in [-0.15, -0.1) is 0 Å². The van der Waals surface area contributed by atoms with Gasteiger partial charge in [-0.3, -0.25) is 28.9 Å². The third kappa shape index (κ3) is 7.45. The molecule has 11 heteroatoms. The number of fused-ring (bicyclic) bond motifs is 1. The van der Waals surface area contributed by atoms with Gasteiger partial charge < -0.3 is 25.4 Å². The molecule has 0 bridgehead atoms. The van der Waals surface area contributed by atoms with E-state index in [1.54, 1.807) is 54.6 Å². The van der Waals surface area contributed by atoms with E-state index >= 15 is 0 Å². The Morgan fingerprint density at radius 1 is 0.905 bits per heavy atom. The van der Waals surface area contributed by atoms with Gasteiger partial charge in [0.15, 0.2) is 0 Å². The van der Waals surface area contributed by atoms with Gasteiger partial charge in [-0.2, -0.15) is 0 Å². The number of aldehydes is 1. The first-order valence-electron chi connectivity index (χ1n) is 13.3. The molecule has 1 aliphatic heterocycles. The number of amides is 4. The SMILES string of the molecule is O=CC(CC(=O)O)NC(=O)CN1C(=O)[C@@H](NC(=O)c2ccccc2)CN(C(=O)CCc2ccccc2)c2ccccc21. The van der Waals surface area contributed by atoms with Crippen LogP contribution in [0.25, 0.3) is 0 Å². The molecule has 3 N–H and O–H groups in total. The zero-order valence-electron chi connectivity index (χ0n) is 22.6. The van der Waals surface area contributed by atoms with Gasteiger partial charge in [-0.25, -0.2) is 0 Å². The van der Waals surface area contributed by atoms with E-state index in [1.807, 2.05) is 30.3 Å². The topological polar surface area (TPSA) is 153 Å². The standard InChI is InChI=1S/C31H30N4O7/c36-20-23(17-29(39)40)32-27(37)19-35-26-14-8-7-13-25(26)34(28(38)16-15-21-9-3-1-4-10-21)18-24(31(35)42)33-30(41)22-11-5-2-6-12-22/h1-14,20,23-24H,15-19H2,(H,32,37)(H,33,41)(H,39,40)/t23?,24-/m0/s1. The Kier molecular flexibility index (Phi) is 9.77. The van der Waals surface area contributed by atoms with E-state index in [2.05, 4.69) is 10.6 Å². The fourth-order valence-electron chi connectivity index (χ4n) is 4.67. The molecule has 1 aliphatic rings. The molecule has 1 heterocycles. The zero-order valence-corrected chi connectivity index (χ0v) is 22.6. The molecule has 0 radical (unpaired) electrons. The van der Waals surface area contributed by atoms with Crippen LogP contribution in [0.2, 0.25) is 0 Å². The van der Waals surface area contributed by atoms with Crippen molar-refractivity contribution in [2.24, 2.45) is 0 Å². The summed E-state index contributed by atoms with van der Waals surface area (Å²) in [6.07, 6.45) is 0.262. The fraction of sp³-hybridized carbons (Fsp3) is 0.226. The molecule has 3 aromatic carbocycles. The summed E-state index contributed by atoms with van der Waals surface area (Å²) in [5.74, 6) is -3.54. The molecule has 11 nitrogen and oxygen atoms in total. The third-order valence-corrected chi connectivity index (χ3v) is 6.71. The highest BCUT2D eigenvalue weighted by molar-refractivity contribution is 6.11. The number of hydrogen-bond acceptors (Lipinski definition) is 6. The molecule has 0 fully saturated rings. The van der Waals surface area contributed by atoms with Crippen molar-refractivity contribution in [3.05, 3.63) is 96.1 Å². The summed E-state index contributed by atoms with van der Waals surface area (Å²) in [5, 5.41) is 14.0. The first-order valence-corrected chi connectivity index (χ1v) is 13.3. The minimum Gasteiger partial charge on any atom is -0.481 e. The number of anilines is 2. The van der Waals surface area contributed by atoms with Crippen LogP contribution in [0.4, 0.5) is 11.4 Å². The van der Waals surface area contributed by atoms with Crippen LogP contribution < -0.4 is 20.4 Å². The first kappa shape index (κ1) is 29.7. The number of carbonyl (C=O) groups is 6. The lowest BCUT2D eigenvalue weighted by molar-refractivity contribution is -0.139. The second-order valence-corrected chi connectivity index (χ2v) is 9.70. The predicted octanol–water partition coefficient (Wildman–Crippen LogP) is 1.96. The average Bonchev–Trinajstić information content (AvgIpc) is 3.11. The number of carbonyl (C=O) groups excluding carboxylic acids is 5. The van der Waals surface area contributed by atoms with Crippen molar-refractivity contribution in [3.63, 3.8) is 0 Å². The highest BCUT2D eigenvalue weighted by Crippen LogP contribution is 2.33. The van der Waals surface area contributed by atoms with E-state index in [-0.39, 0.29) is 24.6 Å². The number of hydrogen-bond donors (Lipinski definition) is 3. The summed E-state index contributed by atoms with van der Waals surface area (Å²) >= 11 is 0. The van der Waals surface area contributed by atoms with Crippen molar-refractivity contribution >= 4 is 47.3 Å². The number of benzene rings is 3. The number of aliphatic carboxylic acids is 1. The lowest BCUT2D eigenvalue weighted by Crippen LogP contribution is -2.54. The van der Waals surface area contributed by atoms with Gasteiger partial charge >= 0.3 is 5.97 Å². The van der Waals surface area contributed by atoms with Gasteiger partial charge in [0, 0.05) is 12.0 Å². The molecule has 4 amide bonds. The van der Waals surface area contributed by atoms with Crippen LogP contribution in [-0.2, 0) is 30.4 Å². The van der Waals surface area contributed by atoms with Crippen molar-refractivity contribution in [2.45, 2.75) is 31.3 Å². The van der Waals surface area contributed by atoms with Crippen LogP contribution in [-0.4, -0.2) is 66.2 Å². The number of para-hydroxylation sites is 2. The molecular formula is C31H30N4O7. The molecule has 0 saturated heterocycles. The molecule has 216 valence electrons. The molecule has 2 atom stereocenters. The van der Waals surface area contributed by atoms with Crippen molar-refractivity contribution in [1.82, 2.24) is 10.6 Å². The second kappa shape index (κ2) is 13.8. The van der Waals surface area contributed by atoms with Crippen LogP contribution in [0.15, 0.2) is 84.9 Å². The number of nitrogens with one attached hydrogen (secondary N) is 2. The quantitative estimate of drug-likeness (QED) is 0.298. The highest BCUT2D eigenvalue weighted by Gasteiger charge is 2.37. The Labute approximate surface area is 242 Å². The smallest absolute Gasteiger partial charge is 0.305 e. The largest absolute Gasteiger partial charge is 0.481 e. The number of nitrogens with zero attached hydrogens (tertiary/aromatic N) is 2. The van der Waals surface area contributed by atoms with Crippen molar-refractivity contribution in [1.29, 1.82) is 0 Å². The Balaban J connectivity index is 1.66. The molecule has 0 spiro atoms. The second-order valence-electron chi connectivity index (χ2n) is 9.70. The van der Waals surface area contributed by atoms with Gasteiger partial charge in [0.05, 0.1) is 30.4 Å². The van der Waals surface area contributed by atoms with Gasteiger partial charge in [0.25, 0.3) is 11.8 Å². The monoisotopic (exact) mass is 570 g/mol. The van der Waals surface area contributed by atoms with Crippen LogP contribution in [0.3, 0.4) is 0 Å². The van der Waals surface area contributed by atoms with Crippen molar-refractivity contribution in [2.75, 3.05) is 22.9 Å². The van der Waals surface area contributed by atoms with Gasteiger partial charge in [0.1, 0.15) is 18.9 Å². The molecule has 4 rings (SSSR count). The number of aryl methyl sites for hydroxylation is 1. The predicted molar refractivity (Wildman–Crippen MR) is 154 cm³/mol. The van der Waals surface area contributed by atoms with E-state index in [9.17, 15) is 28.8 Å². The first-order chi connectivity index (χ1) is 20.3. The molecule has 0 saturated carbocycles. The average molecular weight is 571 g/mol. The summed E-state index contributed by atoms with van der Waals surface area (Å²) in [4.78, 5) is 78.5. The van der Waals surface area contributed by atoms with Gasteiger partial charge in [-0.1, -0.05) is 60.7 Å². The maximum atomic E-state index is 13.9. The Morgan fingerprint density at radius 2 is 1.52 bits per heavy atom. The van der Waals surface area contributed by atoms with Crippen LogP contribution >= 0.6 is 0 Å². The van der Waals surface area contributed by atoms with Crippen molar-refractivity contribution < 1.29 is 33.9 Å².